The number of morpholine rings is 1. The van der Waals surface area contributed by atoms with Crippen molar-refractivity contribution in [3.63, 3.8) is 0 Å². The molecule has 4 rings (SSSR count). The number of nitrogens with zero attached hydrogens (tertiary/aromatic N) is 2. The van der Waals surface area contributed by atoms with Crippen LogP contribution < -0.4 is 20.1 Å². The molecular weight excluding hydrogens is 600 g/mol. The minimum absolute atomic E-state index is 0.0894. The third-order valence-corrected chi connectivity index (χ3v) is 7.59. The van der Waals surface area contributed by atoms with E-state index in [0.29, 0.717) is 47.5 Å². The number of methoxy groups -OCH3 is 1. The predicted octanol–water partition coefficient (Wildman–Crippen LogP) is 5.25. The Kier molecular flexibility index (Phi) is 12.0. The first-order valence-corrected chi connectivity index (χ1v) is 15.1. The normalized spacial score (nSPS) is 16.4. The van der Waals surface area contributed by atoms with Crippen molar-refractivity contribution in [2.45, 2.75) is 32.5 Å². The van der Waals surface area contributed by atoms with Crippen molar-refractivity contribution in [2.24, 2.45) is 0 Å². The Bertz CT molecular complexity index is 1460. The maximum absolute atomic E-state index is 13.6. The fourth-order valence-corrected chi connectivity index (χ4v) is 5.31. The van der Waals surface area contributed by atoms with Gasteiger partial charge in [0.15, 0.2) is 0 Å². The number of carboxylic acid groups (broad SMARTS) is 1. The number of ether oxygens (including phenoxy) is 3. The van der Waals surface area contributed by atoms with Crippen LogP contribution in [0, 0.1) is 0 Å². The summed E-state index contributed by atoms with van der Waals surface area (Å²) >= 11 is 6.14. The summed E-state index contributed by atoms with van der Waals surface area (Å²) in [4.78, 5) is 41.4. The minimum atomic E-state index is -1.01. The molecule has 3 N–H and O–H groups in total. The van der Waals surface area contributed by atoms with Gasteiger partial charge in [-0.25, -0.2) is 9.59 Å². The number of rotatable bonds is 13. The van der Waals surface area contributed by atoms with Crippen molar-refractivity contribution in [1.29, 1.82) is 0 Å². The van der Waals surface area contributed by atoms with Gasteiger partial charge in [0.05, 0.1) is 54.2 Å². The summed E-state index contributed by atoms with van der Waals surface area (Å²) in [6, 6.07) is 17.8. The summed E-state index contributed by atoms with van der Waals surface area (Å²) in [5.41, 5.74) is 1.80. The van der Waals surface area contributed by atoms with Crippen LogP contribution in [0.4, 0.5) is 16.2 Å². The summed E-state index contributed by atoms with van der Waals surface area (Å²) in [5, 5.41) is 15.0. The molecule has 12 heteroatoms. The number of nitrogens with one attached hydrogen (secondary N) is 2. The van der Waals surface area contributed by atoms with Crippen molar-refractivity contribution in [3.05, 3.63) is 82.9 Å². The number of carboxylic acids is 1. The number of aromatic carboxylic acids is 1. The van der Waals surface area contributed by atoms with Gasteiger partial charge in [-0.3, -0.25) is 9.69 Å². The van der Waals surface area contributed by atoms with Crippen LogP contribution in [0.2, 0.25) is 5.02 Å². The summed E-state index contributed by atoms with van der Waals surface area (Å²) in [6.07, 6.45) is 0.341. The topological polar surface area (TPSA) is 130 Å². The average molecular weight is 639 g/mol. The van der Waals surface area contributed by atoms with Gasteiger partial charge in [0.2, 0.25) is 5.91 Å². The number of hydrogen-bond acceptors (Lipinski definition) is 7. The quantitative estimate of drug-likeness (QED) is 0.232. The SMILES string of the molecule is COc1cc(CC(=O)N(CCOc2ccc(C(=O)O)cc2)CCN2C[C@@H](C)O[C@@H](C)C2)ccc1NC(=O)Nc1ccccc1Cl. The zero-order chi connectivity index (χ0) is 32.3. The lowest BCUT2D eigenvalue weighted by atomic mass is 10.1. The van der Waals surface area contributed by atoms with Crippen LogP contribution in [0.5, 0.6) is 11.5 Å². The van der Waals surface area contributed by atoms with Crippen molar-refractivity contribution in [2.75, 3.05) is 57.1 Å². The lowest BCUT2D eigenvalue weighted by Gasteiger charge is -2.36. The van der Waals surface area contributed by atoms with Crippen LogP contribution in [0.1, 0.15) is 29.8 Å². The van der Waals surface area contributed by atoms with Gasteiger partial charge < -0.3 is 34.9 Å². The molecule has 1 aliphatic heterocycles. The Morgan fingerprint density at radius 2 is 1.67 bits per heavy atom. The fraction of sp³-hybridized carbons (Fsp3) is 0.364. The standard InChI is InChI=1S/C33H39ClN4O7/c1-22-20-37(21-23(2)45-22)14-15-38(16-17-44-26-11-9-25(10-12-26)32(40)41)31(39)19-24-8-13-29(30(18-24)43-3)36-33(42)35-28-7-5-4-6-27(28)34/h4-13,18,22-23H,14-17,19-21H2,1-3H3,(H,40,41)(H2,35,36,42)/t22-,23+. The molecule has 0 saturated carbocycles. The van der Waals surface area contributed by atoms with E-state index in [1.807, 2.05) is 13.8 Å². The molecule has 11 nitrogen and oxygen atoms in total. The Morgan fingerprint density at radius 3 is 2.33 bits per heavy atom. The number of hydrogen-bond donors (Lipinski definition) is 3. The summed E-state index contributed by atoms with van der Waals surface area (Å²) in [5.74, 6) is -0.167. The van der Waals surface area contributed by atoms with Crippen LogP contribution in [0.15, 0.2) is 66.7 Å². The first-order valence-electron chi connectivity index (χ1n) is 14.7. The van der Waals surface area contributed by atoms with Gasteiger partial charge in [-0.1, -0.05) is 29.8 Å². The third-order valence-electron chi connectivity index (χ3n) is 7.26. The van der Waals surface area contributed by atoms with Crippen LogP contribution in [0.25, 0.3) is 0 Å². The molecule has 0 radical (unpaired) electrons. The summed E-state index contributed by atoms with van der Waals surface area (Å²) in [6.45, 7) is 7.42. The molecule has 0 bridgehead atoms. The van der Waals surface area contributed by atoms with Crippen molar-refractivity contribution < 1.29 is 33.7 Å². The second-order valence-corrected chi connectivity index (χ2v) is 11.3. The van der Waals surface area contributed by atoms with Crippen LogP contribution in [0.3, 0.4) is 0 Å². The van der Waals surface area contributed by atoms with Gasteiger partial charge in [0.1, 0.15) is 18.1 Å². The predicted molar refractivity (Wildman–Crippen MR) is 173 cm³/mol. The summed E-state index contributed by atoms with van der Waals surface area (Å²) in [7, 11) is 1.50. The Morgan fingerprint density at radius 1 is 0.978 bits per heavy atom. The fourth-order valence-electron chi connectivity index (χ4n) is 5.13. The van der Waals surface area contributed by atoms with Crippen molar-refractivity contribution in [3.8, 4) is 11.5 Å². The molecule has 45 heavy (non-hydrogen) atoms. The first-order chi connectivity index (χ1) is 21.6. The third kappa shape index (κ3) is 10.1. The molecule has 2 atom stereocenters. The first kappa shape index (κ1) is 33.6. The van der Waals surface area contributed by atoms with E-state index in [2.05, 4.69) is 15.5 Å². The molecule has 3 aromatic rings. The van der Waals surface area contributed by atoms with Gasteiger partial charge in [0, 0.05) is 26.2 Å². The number of carbonyl (C=O) groups excluding carboxylic acids is 2. The molecular formula is C33H39ClN4O7. The highest BCUT2D eigenvalue weighted by Crippen LogP contribution is 2.27. The van der Waals surface area contributed by atoms with E-state index in [0.717, 1.165) is 18.7 Å². The van der Waals surface area contributed by atoms with Crippen LogP contribution in [-0.4, -0.2) is 91.5 Å². The highest BCUT2D eigenvalue weighted by atomic mass is 35.5. The lowest BCUT2D eigenvalue weighted by molar-refractivity contribution is -0.131. The number of para-hydroxylation sites is 1. The number of urea groups is 1. The number of amides is 3. The van der Waals surface area contributed by atoms with Gasteiger partial charge in [-0.2, -0.15) is 0 Å². The number of carbonyl (C=O) groups is 3. The van der Waals surface area contributed by atoms with Crippen LogP contribution in [-0.2, 0) is 16.0 Å². The molecule has 0 spiro atoms. The molecule has 3 aromatic carbocycles. The number of anilines is 2. The monoisotopic (exact) mass is 638 g/mol. The molecule has 1 fully saturated rings. The number of benzene rings is 3. The molecule has 1 aliphatic rings. The maximum Gasteiger partial charge on any atom is 0.335 e. The maximum atomic E-state index is 13.6. The lowest BCUT2D eigenvalue weighted by Crippen LogP contribution is -2.49. The van der Waals surface area contributed by atoms with Gasteiger partial charge >= 0.3 is 12.0 Å². The van der Waals surface area contributed by atoms with E-state index in [-0.39, 0.29) is 36.7 Å². The minimum Gasteiger partial charge on any atom is -0.495 e. The zero-order valence-corrected chi connectivity index (χ0v) is 26.4. The Hall–Kier alpha value is -4.32. The molecule has 1 heterocycles. The number of halogens is 1. The Balaban J connectivity index is 1.40. The average Bonchev–Trinajstić information content (AvgIpc) is 3.00. The van der Waals surface area contributed by atoms with E-state index < -0.39 is 12.0 Å². The van der Waals surface area contributed by atoms with E-state index in [9.17, 15) is 14.4 Å². The molecule has 0 aromatic heterocycles. The molecule has 0 aliphatic carbocycles. The van der Waals surface area contributed by atoms with E-state index in [4.69, 9.17) is 30.9 Å². The van der Waals surface area contributed by atoms with E-state index in [1.54, 1.807) is 59.5 Å². The Labute approximate surface area is 268 Å². The molecule has 240 valence electrons. The molecule has 0 unspecified atom stereocenters. The highest BCUT2D eigenvalue weighted by molar-refractivity contribution is 6.33. The largest absolute Gasteiger partial charge is 0.495 e. The second-order valence-electron chi connectivity index (χ2n) is 10.8. The smallest absolute Gasteiger partial charge is 0.335 e. The summed E-state index contributed by atoms with van der Waals surface area (Å²) < 4.78 is 17.2. The highest BCUT2D eigenvalue weighted by Gasteiger charge is 2.24. The van der Waals surface area contributed by atoms with Crippen molar-refractivity contribution in [1.82, 2.24) is 9.80 Å². The molecule has 3 amide bonds. The van der Waals surface area contributed by atoms with Gasteiger partial charge in [-0.05, 0) is 67.9 Å². The van der Waals surface area contributed by atoms with E-state index >= 15 is 0 Å². The zero-order valence-electron chi connectivity index (χ0n) is 25.6. The van der Waals surface area contributed by atoms with Crippen LogP contribution >= 0.6 is 11.6 Å². The molecule has 1 saturated heterocycles. The van der Waals surface area contributed by atoms with Gasteiger partial charge in [-0.15, -0.1) is 0 Å². The van der Waals surface area contributed by atoms with E-state index in [1.165, 1.54) is 19.2 Å². The second kappa shape index (κ2) is 16.1. The van der Waals surface area contributed by atoms with Crippen molar-refractivity contribution >= 4 is 40.9 Å². The van der Waals surface area contributed by atoms with Gasteiger partial charge in [0.25, 0.3) is 0 Å².